The molecular formula is C20H27N. The number of hydrogen-bond donors (Lipinski definition) is 1. The molecule has 2 aromatic carbocycles. The first-order chi connectivity index (χ1) is 10.0. The molecular weight excluding hydrogens is 254 g/mol. The lowest BCUT2D eigenvalue weighted by molar-refractivity contribution is 0.622. The maximum Gasteiger partial charge on any atom is 0.00203 e. The van der Waals surface area contributed by atoms with E-state index in [0.29, 0.717) is 5.92 Å². The molecule has 0 heterocycles. The van der Waals surface area contributed by atoms with Gasteiger partial charge in [0.15, 0.2) is 0 Å². The molecule has 0 saturated carbocycles. The normalized spacial score (nSPS) is 12.4. The third kappa shape index (κ3) is 3.95. The van der Waals surface area contributed by atoms with E-state index >= 15 is 0 Å². The lowest BCUT2D eigenvalue weighted by Gasteiger charge is -2.21. The molecule has 1 nitrogen and oxygen atoms in total. The van der Waals surface area contributed by atoms with Crippen LogP contribution in [0.3, 0.4) is 0 Å². The molecule has 0 spiro atoms. The predicted molar refractivity (Wildman–Crippen MR) is 92.2 cm³/mol. The summed E-state index contributed by atoms with van der Waals surface area (Å²) < 4.78 is 0. The summed E-state index contributed by atoms with van der Waals surface area (Å²) in [5, 5.41) is 3.36. The van der Waals surface area contributed by atoms with E-state index in [4.69, 9.17) is 0 Å². The van der Waals surface area contributed by atoms with E-state index in [1.165, 1.54) is 33.4 Å². The van der Waals surface area contributed by atoms with Crippen LogP contribution in [0.4, 0.5) is 0 Å². The van der Waals surface area contributed by atoms with E-state index in [0.717, 1.165) is 13.0 Å². The summed E-state index contributed by atoms with van der Waals surface area (Å²) in [4.78, 5) is 0. The fourth-order valence-electron chi connectivity index (χ4n) is 3.26. The van der Waals surface area contributed by atoms with Gasteiger partial charge in [0.1, 0.15) is 0 Å². The number of benzene rings is 2. The number of nitrogens with one attached hydrogen (secondary N) is 1. The van der Waals surface area contributed by atoms with Crippen molar-refractivity contribution in [3.8, 4) is 0 Å². The maximum absolute atomic E-state index is 3.36. The van der Waals surface area contributed by atoms with Gasteiger partial charge in [0, 0.05) is 12.5 Å². The van der Waals surface area contributed by atoms with Crippen LogP contribution in [0.1, 0.15) is 39.3 Å². The maximum atomic E-state index is 3.36. The van der Waals surface area contributed by atoms with Crippen LogP contribution in [0.5, 0.6) is 0 Å². The minimum absolute atomic E-state index is 0.523. The molecule has 1 heteroatoms. The average Bonchev–Trinajstić information content (AvgIpc) is 2.41. The zero-order chi connectivity index (χ0) is 15.4. The van der Waals surface area contributed by atoms with Crippen LogP contribution in [0.15, 0.2) is 36.4 Å². The molecule has 0 bridgehead atoms. The van der Waals surface area contributed by atoms with Crippen LogP contribution in [0.25, 0.3) is 0 Å². The van der Waals surface area contributed by atoms with Crippen LogP contribution < -0.4 is 5.32 Å². The zero-order valence-electron chi connectivity index (χ0n) is 14.0. The predicted octanol–water partition coefficient (Wildman–Crippen LogP) is 4.47. The standard InChI is InChI=1S/C20H27N/c1-14-7-6-8-18(11-14)19(13-21-5)12-20-16(3)9-15(2)10-17(20)4/h6-11,19,21H,12-13H2,1-5H3. The molecule has 21 heavy (non-hydrogen) atoms. The molecule has 0 saturated heterocycles. The van der Waals surface area contributed by atoms with Crippen molar-refractivity contribution in [3.05, 3.63) is 69.8 Å². The lowest BCUT2D eigenvalue weighted by Crippen LogP contribution is -2.20. The van der Waals surface area contributed by atoms with E-state index in [1.54, 1.807) is 0 Å². The fraction of sp³-hybridized carbons (Fsp3) is 0.400. The minimum atomic E-state index is 0.523. The molecule has 0 fully saturated rings. The summed E-state index contributed by atoms with van der Waals surface area (Å²) in [5.74, 6) is 0.523. The number of rotatable bonds is 5. The summed E-state index contributed by atoms with van der Waals surface area (Å²) in [7, 11) is 2.04. The Morgan fingerprint density at radius 1 is 0.905 bits per heavy atom. The van der Waals surface area contributed by atoms with E-state index < -0.39 is 0 Å². The molecule has 0 aromatic heterocycles. The summed E-state index contributed by atoms with van der Waals surface area (Å²) in [5.41, 5.74) is 8.47. The Hall–Kier alpha value is -1.60. The van der Waals surface area contributed by atoms with Gasteiger partial charge in [0.25, 0.3) is 0 Å². The molecule has 0 aliphatic rings. The smallest absolute Gasteiger partial charge is 0.00203 e. The quantitative estimate of drug-likeness (QED) is 0.853. The Morgan fingerprint density at radius 2 is 1.57 bits per heavy atom. The van der Waals surface area contributed by atoms with Crippen molar-refractivity contribution < 1.29 is 0 Å². The Kier molecular flexibility index (Phi) is 5.19. The third-order valence-corrected chi connectivity index (χ3v) is 4.25. The molecule has 0 aliphatic carbocycles. The third-order valence-electron chi connectivity index (χ3n) is 4.25. The molecule has 0 radical (unpaired) electrons. The van der Waals surface area contributed by atoms with Gasteiger partial charge in [0.05, 0.1) is 0 Å². The average molecular weight is 281 g/mol. The highest BCUT2D eigenvalue weighted by Crippen LogP contribution is 2.26. The highest BCUT2D eigenvalue weighted by molar-refractivity contribution is 5.39. The van der Waals surface area contributed by atoms with Gasteiger partial charge < -0.3 is 5.32 Å². The number of hydrogen-bond acceptors (Lipinski definition) is 1. The van der Waals surface area contributed by atoms with Gasteiger partial charge in [-0.2, -0.15) is 0 Å². The Morgan fingerprint density at radius 3 is 2.14 bits per heavy atom. The zero-order valence-corrected chi connectivity index (χ0v) is 14.0. The van der Waals surface area contributed by atoms with Crippen molar-refractivity contribution in [2.75, 3.05) is 13.6 Å². The van der Waals surface area contributed by atoms with Gasteiger partial charge >= 0.3 is 0 Å². The summed E-state index contributed by atoms with van der Waals surface area (Å²) >= 11 is 0. The van der Waals surface area contributed by atoms with E-state index in [1.807, 2.05) is 7.05 Å². The van der Waals surface area contributed by atoms with Crippen molar-refractivity contribution in [3.63, 3.8) is 0 Å². The Bertz CT molecular complexity index is 590. The summed E-state index contributed by atoms with van der Waals surface area (Å²) in [6, 6.07) is 13.5. The molecule has 0 amide bonds. The van der Waals surface area contributed by atoms with Gasteiger partial charge in [-0.1, -0.05) is 47.5 Å². The molecule has 1 atom stereocenters. The van der Waals surface area contributed by atoms with Gasteiger partial charge in [0.2, 0.25) is 0 Å². The van der Waals surface area contributed by atoms with Crippen molar-refractivity contribution in [2.24, 2.45) is 0 Å². The number of likely N-dealkylation sites (N-methyl/N-ethyl adjacent to an activating group) is 1. The Labute approximate surface area is 129 Å². The van der Waals surface area contributed by atoms with Crippen molar-refractivity contribution in [1.82, 2.24) is 5.32 Å². The molecule has 2 aromatic rings. The lowest BCUT2D eigenvalue weighted by atomic mass is 9.87. The molecule has 1 N–H and O–H groups in total. The first kappa shape index (κ1) is 15.8. The van der Waals surface area contributed by atoms with Crippen LogP contribution >= 0.6 is 0 Å². The van der Waals surface area contributed by atoms with Crippen molar-refractivity contribution in [2.45, 2.75) is 40.0 Å². The second kappa shape index (κ2) is 6.91. The molecule has 0 aliphatic heterocycles. The molecule has 1 unspecified atom stereocenters. The highest BCUT2D eigenvalue weighted by atomic mass is 14.8. The van der Waals surface area contributed by atoms with Crippen LogP contribution in [0.2, 0.25) is 0 Å². The fourth-order valence-corrected chi connectivity index (χ4v) is 3.26. The summed E-state index contributed by atoms with van der Waals surface area (Å²) in [6.45, 7) is 9.83. The number of aryl methyl sites for hydroxylation is 4. The van der Waals surface area contributed by atoms with Gasteiger partial charge in [-0.05, 0) is 63.4 Å². The first-order valence-electron chi connectivity index (χ1n) is 7.79. The van der Waals surface area contributed by atoms with E-state index in [9.17, 15) is 0 Å². The highest BCUT2D eigenvalue weighted by Gasteiger charge is 2.15. The Balaban J connectivity index is 2.33. The SMILES string of the molecule is CNCC(Cc1c(C)cc(C)cc1C)c1cccc(C)c1. The molecule has 2 rings (SSSR count). The second-order valence-electron chi connectivity index (χ2n) is 6.25. The van der Waals surface area contributed by atoms with Crippen LogP contribution in [-0.2, 0) is 6.42 Å². The van der Waals surface area contributed by atoms with Gasteiger partial charge in [-0.15, -0.1) is 0 Å². The first-order valence-corrected chi connectivity index (χ1v) is 7.79. The van der Waals surface area contributed by atoms with Gasteiger partial charge in [-0.25, -0.2) is 0 Å². The van der Waals surface area contributed by atoms with Crippen LogP contribution in [-0.4, -0.2) is 13.6 Å². The largest absolute Gasteiger partial charge is 0.319 e. The topological polar surface area (TPSA) is 12.0 Å². The van der Waals surface area contributed by atoms with Crippen molar-refractivity contribution >= 4 is 0 Å². The van der Waals surface area contributed by atoms with Crippen molar-refractivity contribution in [1.29, 1.82) is 0 Å². The minimum Gasteiger partial charge on any atom is -0.319 e. The molecule has 112 valence electrons. The summed E-state index contributed by atoms with van der Waals surface area (Å²) in [6.07, 6.45) is 1.10. The van der Waals surface area contributed by atoms with Crippen LogP contribution in [0, 0.1) is 27.7 Å². The van der Waals surface area contributed by atoms with E-state index in [-0.39, 0.29) is 0 Å². The second-order valence-corrected chi connectivity index (χ2v) is 6.25. The van der Waals surface area contributed by atoms with Gasteiger partial charge in [-0.3, -0.25) is 0 Å². The monoisotopic (exact) mass is 281 g/mol. The van der Waals surface area contributed by atoms with E-state index in [2.05, 4.69) is 69.4 Å².